The fraction of sp³-hybridized carbons (Fsp3) is 0.304. The second-order valence-corrected chi connectivity index (χ2v) is 8.16. The minimum Gasteiger partial charge on any atom is -0.355 e. The highest BCUT2D eigenvalue weighted by Gasteiger charge is 2.27. The Labute approximate surface area is 159 Å². The molecule has 0 spiro atoms. The van der Waals surface area contributed by atoms with Crippen molar-refractivity contribution >= 4 is 11.6 Å². The summed E-state index contributed by atoms with van der Waals surface area (Å²) >= 11 is 0. The molecule has 4 rings (SSSR count). The van der Waals surface area contributed by atoms with Crippen molar-refractivity contribution in [1.82, 2.24) is 5.16 Å². The third-order valence-corrected chi connectivity index (χ3v) is 5.17. The predicted molar refractivity (Wildman–Crippen MR) is 108 cm³/mol. The lowest BCUT2D eigenvalue weighted by Crippen LogP contribution is -2.36. The van der Waals surface area contributed by atoms with Gasteiger partial charge in [0.1, 0.15) is 5.69 Å². The smallest absolute Gasteiger partial charge is 0.232 e. The molecule has 0 aliphatic heterocycles. The van der Waals surface area contributed by atoms with Crippen LogP contribution >= 0.6 is 0 Å². The zero-order valence-electron chi connectivity index (χ0n) is 16.2. The van der Waals surface area contributed by atoms with Crippen LogP contribution in [0.5, 0.6) is 0 Å². The minimum absolute atomic E-state index is 0.0869. The van der Waals surface area contributed by atoms with Gasteiger partial charge in [-0.1, -0.05) is 50.2 Å². The monoisotopic (exact) mass is 360 g/mol. The van der Waals surface area contributed by atoms with Crippen LogP contribution in [0.3, 0.4) is 0 Å². The van der Waals surface area contributed by atoms with E-state index in [0.717, 1.165) is 35.5 Å². The molecule has 2 aromatic carbocycles. The number of carbonyl (C=O) groups is 1. The maximum atomic E-state index is 12.5. The first-order chi connectivity index (χ1) is 12.9. The number of fused-ring (bicyclic) bond motifs is 3. The van der Waals surface area contributed by atoms with Gasteiger partial charge in [0, 0.05) is 34.8 Å². The van der Waals surface area contributed by atoms with Gasteiger partial charge in [-0.05, 0) is 42.7 Å². The zero-order valence-corrected chi connectivity index (χ0v) is 16.2. The van der Waals surface area contributed by atoms with E-state index >= 15 is 0 Å². The van der Waals surface area contributed by atoms with Crippen LogP contribution < -0.4 is 4.90 Å². The van der Waals surface area contributed by atoms with E-state index < -0.39 is 5.41 Å². The molecule has 4 heteroatoms. The Balaban J connectivity index is 1.65. The van der Waals surface area contributed by atoms with E-state index in [1.165, 1.54) is 16.7 Å². The SMILES string of the molecule is CN(C(=O)C(C)(C)C)c1ccc(-c2onc3c2CCc2ccccc2-3)cc1. The number of aromatic nitrogens is 1. The van der Waals surface area contributed by atoms with E-state index in [2.05, 4.69) is 23.4 Å². The first-order valence-electron chi connectivity index (χ1n) is 9.31. The quantitative estimate of drug-likeness (QED) is 0.637. The fourth-order valence-electron chi connectivity index (χ4n) is 3.67. The lowest BCUT2D eigenvalue weighted by Gasteiger charge is -2.26. The van der Waals surface area contributed by atoms with Gasteiger partial charge in [-0.2, -0.15) is 0 Å². The van der Waals surface area contributed by atoms with E-state index in [-0.39, 0.29) is 5.91 Å². The molecule has 0 radical (unpaired) electrons. The number of rotatable bonds is 2. The molecule has 0 atom stereocenters. The predicted octanol–water partition coefficient (Wildman–Crippen LogP) is 5.12. The molecule has 1 heterocycles. The lowest BCUT2D eigenvalue weighted by molar-refractivity contribution is -0.125. The number of benzene rings is 2. The number of aryl methyl sites for hydroxylation is 1. The summed E-state index contributed by atoms with van der Waals surface area (Å²) in [4.78, 5) is 14.2. The molecule has 1 aromatic heterocycles. The number of hydrogen-bond donors (Lipinski definition) is 0. The Kier molecular flexibility index (Phi) is 4.14. The minimum atomic E-state index is -0.412. The van der Waals surface area contributed by atoms with Crippen molar-refractivity contribution in [2.24, 2.45) is 5.41 Å². The number of carbonyl (C=O) groups excluding carboxylic acids is 1. The average Bonchev–Trinajstić information content (AvgIpc) is 3.11. The number of nitrogens with zero attached hydrogens (tertiary/aromatic N) is 2. The van der Waals surface area contributed by atoms with Crippen molar-refractivity contribution in [3.05, 3.63) is 59.7 Å². The maximum absolute atomic E-state index is 12.5. The Hall–Kier alpha value is -2.88. The van der Waals surface area contributed by atoms with Gasteiger partial charge in [-0.3, -0.25) is 4.79 Å². The van der Waals surface area contributed by atoms with Crippen molar-refractivity contribution in [2.45, 2.75) is 33.6 Å². The second kappa shape index (κ2) is 6.38. The molecule has 27 heavy (non-hydrogen) atoms. The third-order valence-electron chi connectivity index (χ3n) is 5.17. The van der Waals surface area contributed by atoms with Gasteiger partial charge in [-0.25, -0.2) is 0 Å². The molecule has 3 aromatic rings. The van der Waals surface area contributed by atoms with Crippen molar-refractivity contribution < 1.29 is 9.32 Å². The summed E-state index contributed by atoms with van der Waals surface area (Å²) in [6, 6.07) is 16.3. The summed E-state index contributed by atoms with van der Waals surface area (Å²) in [6.07, 6.45) is 1.92. The Morgan fingerprint density at radius 2 is 1.74 bits per heavy atom. The molecule has 0 unspecified atom stereocenters. The van der Waals surface area contributed by atoms with Crippen LogP contribution in [0.1, 0.15) is 31.9 Å². The Morgan fingerprint density at radius 3 is 2.44 bits per heavy atom. The number of hydrogen-bond acceptors (Lipinski definition) is 3. The van der Waals surface area contributed by atoms with Gasteiger partial charge in [0.2, 0.25) is 5.91 Å². The van der Waals surface area contributed by atoms with Crippen LogP contribution in [0.4, 0.5) is 5.69 Å². The van der Waals surface area contributed by atoms with Gasteiger partial charge in [0.05, 0.1) is 0 Å². The van der Waals surface area contributed by atoms with Crippen molar-refractivity contribution in [2.75, 3.05) is 11.9 Å². The molecular weight excluding hydrogens is 336 g/mol. The summed E-state index contributed by atoms with van der Waals surface area (Å²) in [5.74, 6) is 0.916. The molecular formula is C23H24N2O2. The zero-order chi connectivity index (χ0) is 19.2. The lowest BCUT2D eigenvalue weighted by atomic mass is 9.88. The number of amides is 1. The molecule has 0 saturated heterocycles. The van der Waals surface area contributed by atoms with Crippen LogP contribution in [-0.2, 0) is 17.6 Å². The highest BCUT2D eigenvalue weighted by Crippen LogP contribution is 2.38. The first kappa shape index (κ1) is 17.5. The highest BCUT2D eigenvalue weighted by atomic mass is 16.5. The van der Waals surface area contributed by atoms with Gasteiger partial charge in [0.25, 0.3) is 0 Å². The average molecular weight is 360 g/mol. The molecule has 0 fully saturated rings. The molecule has 1 amide bonds. The molecule has 4 nitrogen and oxygen atoms in total. The van der Waals surface area contributed by atoms with Gasteiger partial charge >= 0.3 is 0 Å². The maximum Gasteiger partial charge on any atom is 0.232 e. The summed E-state index contributed by atoms with van der Waals surface area (Å²) < 4.78 is 5.73. The van der Waals surface area contributed by atoms with E-state index in [1.807, 2.05) is 58.2 Å². The summed E-state index contributed by atoms with van der Waals surface area (Å²) in [5, 5.41) is 4.35. The van der Waals surface area contributed by atoms with Crippen molar-refractivity contribution in [3.63, 3.8) is 0 Å². The van der Waals surface area contributed by atoms with E-state index in [4.69, 9.17) is 4.52 Å². The molecule has 1 aliphatic rings. The highest BCUT2D eigenvalue weighted by molar-refractivity contribution is 5.96. The van der Waals surface area contributed by atoms with Crippen molar-refractivity contribution in [3.8, 4) is 22.6 Å². The normalized spacial score (nSPS) is 13.0. The third kappa shape index (κ3) is 3.05. The largest absolute Gasteiger partial charge is 0.355 e. The molecule has 0 N–H and O–H groups in total. The summed E-state index contributed by atoms with van der Waals surface area (Å²) in [7, 11) is 1.82. The van der Waals surface area contributed by atoms with Gasteiger partial charge in [0.15, 0.2) is 5.76 Å². The van der Waals surface area contributed by atoms with E-state index in [1.54, 1.807) is 4.90 Å². The van der Waals surface area contributed by atoms with Crippen LogP contribution in [0.15, 0.2) is 53.1 Å². The van der Waals surface area contributed by atoms with Gasteiger partial charge < -0.3 is 9.42 Å². The summed E-state index contributed by atoms with van der Waals surface area (Å²) in [5.41, 5.74) is 6.06. The van der Waals surface area contributed by atoms with Crippen LogP contribution in [0.25, 0.3) is 22.6 Å². The van der Waals surface area contributed by atoms with Crippen LogP contribution in [0, 0.1) is 5.41 Å². The van der Waals surface area contributed by atoms with E-state index in [9.17, 15) is 4.79 Å². The van der Waals surface area contributed by atoms with Crippen LogP contribution in [0.2, 0.25) is 0 Å². The molecule has 1 aliphatic carbocycles. The van der Waals surface area contributed by atoms with E-state index in [0.29, 0.717) is 0 Å². The van der Waals surface area contributed by atoms with Gasteiger partial charge in [-0.15, -0.1) is 0 Å². The fourth-order valence-corrected chi connectivity index (χ4v) is 3.67. The van der Waals surface area contributed by atoms with Crippen molar-refractivity contribution in [1.29, 1.82) is 0 Å². The molecule has 0 bridgehead atoms. The Bertz CT molecular complexity index is 994. The molecule has 0 saturated carbocycles. The second-order valence-electron chi connectivity index (χ2n) is 8.16. The first-order valence-corrected chi connectivity index (χ1v) is 9.31. The molecule has 138 valence electrons. The number of anilines is 1. The topological polar surface area (TPSA) is 46.3 Å². The summed E-state index contributed by atoms with van der Waals surface area (Å²) in [6.45, 7) is 5.79. The Morgan fingerprint density at radius 1 is 1.04 bits per heavy atom. The van der Waals surface area contributed by atoms with Crippen LogP contribution in [-0.4, -0.2) is 18.1 Å². The standard InChI is InChI=1S/C23H24N2O2/c1-23(2,3)22(26)25(4)17-12-9-16(10-13-17)21-19-14-11-15-7-5-6-8-18(15)20(19)24-27-21/h5-10,12-13H,11,14H2,1-4H3.